The molecule has 3 rings (SSSR count). The second-order valence-electron chi connectivity index (χ2n) is 5.69. The molecule has 0 radical (unpaired) electrons. The van der Waals surface area contributed by atoms with Gasteiger partial charge in [-0.15, -0.1) is 0 Å². The number of hydrogen-bond donors (Lipinski definition) is 0. The molecule has 4 nitrogen and oxygen atoms in total. The third-order valence-electron chi connectivity index (χ3n) is 4.42. The number of aryl methyl sites for hydroxylation is 2. The summed E-state index contributed by atoms with van der Waals surface area (Å²) in [5.41, 5.74) is 4.22. The first-order valence-corrected chi connectivity index (χ1v) is 7.65. The minimum absolute atomic E-state index is 0.0670. The van der Waals surface area contributed by atoms with Gasteiger partial charge in [0.15, 0.2) is 0 Å². The van der Waals surface area contributed by atoms with Gasteiger partial charge in [-0.1, -0.05) is 30.3 Å². The van der Waals surface area contributed by atoms with Crippen LogP contribution in [-0.2, 0) is 13.1 Å². The Hall–Kier alpha value is -2.36. The molecule has 0 unspecified atom stereocenters. The summed E-state index contributed by atoms with van der Waals surface area (Å²) >= 11 is 0. The number of aromatic nitrogens is 3. The molecule has 0 atom stereocenters. The van der Waals surface area contributed by atoms with Gasteiger partial charge in [-0.25, -0.2) is 4.98 Å². The Morgan fingerprint density at radius 1 is 1.05 bits per heavy atom. The zero-order chi connectivity index (χ0) is 15.9. The number of benzene rings is 1. The molecular formula is C18H21N3O. The average molecular weight is 295 g/mol. The van der Waals surface area contributed by atoms with E-state index in [4.69, 9.17) is 4.98 Å². The van der Waals surface area contributed by atoms with Crippen molar-refractivity contribution in [3.05, 3.63) is 63.3 Å². The van der Waals surface area contributed by atoms with E-state index >= 15 is 0 Å². The molecule has 1 aromatic carbocycles. The lowest BCUT2D eigenvalue weighted by Gasteiger charge is -2.10. The normalized spacial score (nSPS) is 11.3. The van der Waals surface area contributed by atoms with E-state index in [-0.39, 0.29) is 5.56 Å². The Bertz CT molecular complexity index is 888. The van der Waals surface area contributed by atoms with E-state index in [0.717, 1.165) is 34.7 Å². The number of hydrogen-bond acceptors (Lipinski definition) is 2. The maximum absolute atomic E-state index is 12.7. The fourth-order valence-electron chi connectivity index (χ4n) is 3.04. The summed E-state index contributed by atoms with van der Waals surface area (Å²) in [5.74, 6) is 0.770. The number of nitrogens with zero attached hydrogens (tertiary/aromatic N) is 3. The SMILES string of the molecule is CCn1c(C)nc2c(c(C)c(C)n2Cc2ccccc2)c1=O. The predicted octanol–water partition coefficient (Wildman–Crippen LogP) is 3.19. The lowest BCUT2D eigenvalue weighted by Crippen LogP contribution is -2.23. The van der Waals surface area contributed by atoms with Crippen LogP contribution in [0.2, 0.25) is 0 Å². The van der Waals surface area contributed by atoms with Crippen LogP contribution >= 0.6 is 0 Å². The van der Waals surface area contributed by atoms with Crippen molar-refractivity contribution in [3.8, 4) is 0 Å². The Labute approximate surface area is 130 Å². The van der Waals surface area contributed by atoms with Crippen LogP contribution in [0.4, 0.5) is 0 Å². The second-order valence-corrected chi connectivity index (χ2v) is 5.69. The van der Waals surface area contributed by atoms with Crippen molar-refractivity contribution in [1.29, 1.82) is 0 Å². The van der Waals surface area contributed by atoms with Crippen LogP contribution in [0.15, 0.2) is 35.1 Å². The highest BCUT2D eigenvalue weighted by Crippen LogP contribution is 2.22. The highest BCUT2D eigenvalue weighted by atomic mass is 16.1. The van der Waals surface area contributed by atoms with Crippen molar-refractivity contribution in [2.45, 2.75) is 40.8 Å². The van der Waals surface area contributed by atoms with Gasteiger partial charge in [-0.3, -0.25) is 9.36 Å². The standard InChI is InChI=1S/C18H21N3O/c1-5-20-14(4)19-17-16(18(20)22)12(2)13(3)21(17)11-15-9-7-6-8-10-15/h6-10H,5,11H2,1-4H3. The van der Waals surface area contributed by atoms with Crippen LogP contribution in [0, 0.1) is 20.8 Å². The van der Waals surface area contributed by atoms with Gasteiger partial charge in [0.2, 0.25) is 0 Å². The molecule has 2 aromatic heterocycles. The molecule has 2 heterocycles. The van der Waals surface area contributed by atoms with E-state index in [1.165, 1.54) is 5.56 Å². The molecule has 114 valence electrons. The Balaban J connectivity index is 2.28. The molecule has 0 saturated heterocycles. The van der Waals surface area contributed by atoms with Crippen molar-refractivity contribution < 1.29 is 0 Å². The molecule has 0 aliphatic heterocycles. The Morgan fingerprint density at radius 3 is 2.36 bits per heavy atom. The van der Waals surface area contributed by atoms with Crippen molar-refractivity contribution in [2.75, 3.05) is 0 Å². The summed E-state index contributed by atoms with van der Waals surface area (Å²) in [6.45, 7) is 9.33. The van der Waals surface area contributed by atoms with Crippen LogP contribution in [-0.4, -0.2) is 14.1 Å². The first-order chi connectivity index (χ1) is 10.5. The summed E-state index contributed by atoms with van der Waals surface area (Å²) in [6, 6.07) is 10.3. The van der Waals surface area contributed by atoms with Crippen LogP contribution in [0.1, 0.15) is 29.6 Å². The van der Waals surface area contributed by atoms with Crippen LogP contribution in [0.5, 0.6) is 0 Å². The third kappa shape index (κ3) is 2.15. The third-order valence-corrected chi connectivity index (χ3v) is 4.42. The fraction of sp³-hybridized carbons (Fsp3) is 0.333. The summed E-state index contributed by atoms with van der Waals surface area (Å²) < 4.78 is 3.88. The minimum atomic E-state index is 0.0670. The van der Waals surface area contributed by atoms with Gasteiger partial charge in [0.1, 0.15) is 11.5 Å². The average Bonchev–Trinajstić information content (AvgIpc) is 2.74. The minimum Gasteiger partial charge on any atom is -0.325 e. The lowest BCUT2D eigenvalue weighted by molar-refractivity contribution is 0.680. The van der Waals surface area contributed by atoms with Gasteiger partial charge >= 0.3 is 0 Å². The first kappa shape index (κ1) is 14.6. The Kier molecular flexibility index (Phi) is 3.61. The molecule has 0 amide bonds. The highest BCUT2D eigenvalue weighted by Gasteiger charge is 2.18. The van der Waals surface area contributed by atoms with E-state index in [9.17, 15) is 4.79 Å². The van der Waals surface area contributed by atoms with E-state index in [0.29, 0.717) is 6.54 Å². The number of rotatable bonds is 3. The zero-order valence-corrected chi connectivity index (χ0v) is 13.6. The molecule has 0 saturated carbocycles. The molecule has 4 heteroatoms. The quantitative estimate of drug-likeness (QED) is 0.744. The predicted molar refractivity (Wildman–Crippen MR) is 89.4 cm³/mol. The molecular weight excluding hydrogens is 274 g/mol. The van der Waals surface area contributed by atoms with E-state index in [2.05, 4.69) is 23.6 Å². The second kappa shape index (κ2) is 5.44. The molecule has 0 fully saturated rings. The Morgan fingerprint density at radius 2 is 1.73 bits per heavy atom. The molecule has 0 aliphatic carbocycles. The van der Waals surface area contributed by atoms with Gasteiger partial charge in [-0.2, -0.15) is 0 Å². The lowest BCUT2D eigenvalue weighted by atomic mass is 10.2. The maximum atomic E-state index is 12.7. The van der Waals surface area contributed by atoms with Crippen molar-refractivity contribution in [1.82, 2.24) is 14.1 Å². The van der Waals surface area contributed by atoms with E-state index in [1.54, 1.807) is 4.57 Å². The smallest absolute Gasteiger partial charge is 0.263 e. The molecule has 22 heavy (non-hydrogen) atoms. The van der Waals surface area contributed by atoms with Crippen LogP contribution < -0.4 is 5.56 Å². The van der Waals surface area contributed by atoms with Crippen molar-refractivity contribution in [3.63, 3.8) is 0 Å². The summed E-state index contributed by atoms with van der Waals surface area (Å²) in [5, 5.41) is 0.751. The molecule has 0 aliphatic rings. The fourth-order valence-corrected chi connectivity index (χ4v) is 3.04. The van der Waals surface area contributed by atoms with Crippen molar-refractivity contribution in [2.24, 2.45) is 0 Å². The summed E-state index contributed by atoms with van der Waals surface area (Å²) in [6.07, 6.45) is 0. The zero-order valence-electron chi connectivity index (χ0n) is 13.6. The van der Waals surface area contributed by atoms with Crippen LogP contribution in [0.3, 0.4) is 0 Å². The van der Waals surface area contributed by atoms with Gasteiger partial charge in [0.05, 0.1) is 5.39 Å². The summed E-state index contributed by atoms with van der Waals surface area (Å²) in [4.78, 5) is 17.4. The van der Waals surface area contributed by atoms with Crippen molar-refractivity contribution >= 4 is 11.0 Å². The summed E-state index contributed by atoms with van der Waals surface area (Å²) in [7, 11) is 0. The largest absolute Gasteiger partial charge is 0.325 e. The first-order valence-electron chi connectivity index (χ1n) is 7.65. The van der Waals surface area contributed by atoms with E-state index in [1.807, 2.05) is 39.0 Å². The van der Waals surface area contributed by atoms with E-state index < -0.39 is 0 Å². The molecule has 0 bridgehead atoms. The van der Waals surface area contributed by atoms with Gasteiger partial charge in [0, 0.05) is 18.8 Å². The topological polar surface area (TPSA) is 39.8 Å². The highest BCUT2D eigenvalue weighted by molar-refractivity contribution is 5.81. The molecule has 0 N–H and O–H groups in total. The van der Waals surface area contributed by atoms with Crippen LogP contribution in [0.25, 0.3) is 11.0 Å². The van der Waals surface area contributed by atoms with Gasteiger partial charge in [-0.05, 0) is 38.8 Å². The molecule has 0 spiro atoms. The monoisotopic (exact) mass is 295 g/mol. The number of fused-ring (bicyclic) bond motifs is 1. The van der Waals surface area contributed by atoms with Gasteiger partial charge < -0.3 is 4.57 Å². The van der Waals surface area contributed by atoms with Gasteiger partial charge in [0.25, 0.3) is 5.56 Å². The maximum Gasteiger partial charge on any atom is 0.263 e. The molecule has 3 aromatic rings.